The number of nitrogens with one attached hydrogen (secondary N) is 1. The monoisotopic (exact) mass is 273 g/mol. The van der Waals surface area contributed by atoms with Crippen LogP contribution in [0.1, 0.15) is 21.6 Å². The van der Waals surface area contributed by atoms with Gasteiger partial charge in [0.15, 0.2) is 5.84 Å². The molecular weight excluding hydrogens is 258 g/mol. The van der Waals surface area contributed by atoms with Crippen molar-refractivity contribution in [1.29, 1.82) is 0 Å². The van der Waals surface area contributed by atoms with Crippen molar-refractivity contribution in [3.8, 4) is 0 Å². The number of carbonyl (C=O) groups excluding carboxylic acids is 1. The van der Waals surface area contributed by atoms with Crippen molar-refractivity contribution >= 4 is 17.4 Å². The third kappa shape index (κ3) is 2.77. The van der Waals surface area contributed by atoms with Crippen LogP contribution in [0.2, 0.25) is 0 Å². The minimum Gasteiger partial charge on any atom is -0.409 e. The number of hydrogen-bond donors (Lipinski definition) is 3. The average molecular weight is 273 g/mol. The van der Waals surface area contributed by atoms with Gasteiger partial charge in [0.05, 0.1) is 11.4 Å². The lowest BCUT2D eigenvalue weighted by Crippen LogP contribution is -2.15. The van der Waals surface area contributed by atoms with Gasteiger partial charge >= 0.3 is 0 Å². The number of oxime groups is 1. The average Bonchev–Trinajstić information content (AvgIpc) is 2.76. The Morgan fingerprint density at radius 3 is 2.45 bits per heavy atom. The highest BCUT2D eigenvalue weighted by molar-refractivity contribution is 6.05. The SMILES string of the molecule is Cc1nn(C)cc1NC(=O)c1ccc(/C(N)=N/O)cc1. The van der Waals surface area contributed by atoms with Gasteiger partial charge in [-0.2, -0.15) is 5.10 Å². The maximum atomic E-state index is 12.1. The summed E-state index contributed by atoms with van der Waals surface area (Å²) in [7, 11) is 1.79. The van der Waals surface area contributed by atoms with Crippen LogP contribution in [0.4, 0.5) is 5.69 Å². The normalized spacial score (nSPS) is 11.4. The standard InChI is InChI=1S/C13H15N5O2/c1-8-11(7-18(2)16-8)15-13(19)10-5-3-9(4-6-10)12(14)17-20/h3-7,20H,1-2H3,(H2,14,17)(H,15,19). The Morgan fingerprint density at radius 1 is 1.35 bits per heavy atom. The van der Waals surface area contributed by atoms with Crippen LogP contribution in [-0.4, -0.2) is 26.7 Å². The van der Waals surface area contributed by atoms with E-state index in [2.05, 4.69) is 15.6 Å². The van der Waals surface area contributed by atoms with Gasteiger partial charge in [-0.05, 0) is 19.1 Å². The number of rotatable bonds is 3. The number of hydrogen-bond acceptors (Lipinski definition) is 4. The van der Waals surface area contributed by atoms with Gasteiger partial charge in [0, 0.05) is 24.4 Å². The Morgan fingerprint density at radius 2 is 1.95 bits per heavy atom. The summed E-state index contributed by atoms with van der Waals surface area (Å²) in [6, 6.07) is 6.43. The van der Waals surface area contributed by atoms with E-state index in [0.29, 0.717) is 16.8 Å². The largest absolute Gasteiger partial charge is 0.409 e. The highest BCUT2D eigenvalue weighted by atomic mass is 16.4. The molecular formula is C13H15N5O2. The number of benzene rings is 1. The van der Waals surface area contributed by atoms with E-state index in [9.17, 15) is 4.79 Å². The summed E-state index contributed by atoms with van der Waals surface area (Å²) in [5.41, 5.74) is 7.88. The predicted octanol–water partition coefficient (Wildman–Crippen LogP) is 1.08. The second kappa shape index (κ2) is 5.43. The molecule has 0 unspecified atom stereocenters. The minimum atomic E-state index is -0.243. The lowest BCUT2D eigenvalue weighted by Gasteiger charge is -2.04. The highest BCUT2D eigenvalue weighted by Gasteiger charge is 2.10. The lowest BCUT2D eigenvalue weighted by atomic mass is 10.1. The summed E-state index contributed by atoms with van der Waals surface area (Å²) in [4.78, 5) is 12.1. The molecule has 2 aromatic rings. The fourth-order valence-electron chi connectivity index (χ4n) is 1.77. The summed E-state index contributed by atoms with van der Waals surface area (Å²) in [6.07, 6.45) is 1.73. The Hall–Kier alpha value is -2.83. The third-order valence-corrected chi connectivity index (χ3v) is 2.81. The molecule has 1 heterocycles. The maximum Gasteiger partial charge on any atom is 0.255 e. The number of anilines is 1. The Bertz CT molecular complexity index is 658. The van der Waals surface area contributed by atoms with Crippen molar-refractivity contribution in [2.45, 2.75) is 6.92 Å². The molecule has 0 radical (unpaired) electrons. The Kier molecular flexibility index (Phi) is 3.69. The first-order valence-corrected chi connectivity index (χ1v) is 5.91. The van der Waals surface area contributed by atoms with Crippen LogP contribution in [0.5, 0.6) is 0 Å². The molecule has 7 nitrogen and oxygen atoms in total. The van der Waals surface area contributed by atoms with Crippen LogP contribution < -0.4 is 11.1 Å². The minimum absolute atomic E-state index is 0.0000574. The van der Waals surface area contributed by atoms with E-state index in [0.717, 1.165) is 5.69 Å². The molecule has 0 saturated carbocycles. The van der Waals surface area contributed by atoms with Gasteiger partial charge in [0.1, 0.15) is 0 Å². The Labute approximate surface area is 115 Å². The molecule has 0 aliphatic rings. The van der Waals surface area contributed by atoms with E-state index in [1.54, 1.807) is 42.2 Å². The molecule has 4 N–H and O–H groups in total. The van der Waals surface area contributed by atoms with E-state index in [1.165, 1.54) is 0 Å². The van der Waals surface area contributed by atoms with Gasteiger partial charge in [-0.1, -0.05) is 17.3 Å². The second-order valence-electron chi connectivity index (χ2n) is 4.32. The summed E-state index contributed by atoms with van der Waals surface area (Å²) < 4.78 is 1.63. The summed E-state index contributed by atoms with van der Waals surface area (Å²) >= 11 is 0. The summed E-state index contributed by atoms with van der Waals surface area (Å²) in [5.74, 6) is -0.243. The first kappa shape index (κ1) is 13.6. The molecule has 20 heavy (non-hydrogen) atoms. The van der Waals surface area contributed by atoms with Crippen LogP contribution in [0.3, 0.4) is 0 Å². The zero-order chi connectivity index (χ0) is 14.7. The zero-order valence-corrected chi connectivity index (χ0v) is 11.2. The lowest BCUT2D eigenvalue weighted by molar-refractivity contribution is 0.102. The topological polar surface area (TPSA) is 106 Å². The number of nitrogens with zero attached hydrogens (tertiary/aromatic N) is 3. The number of amides is 1. The van der Waals surface area contributed by atoms with Gasteiger partial charge in [0.2, 0.25) is 0 Å². The molecule has 0 aliphatic heterocycles. The number of amidine groups is 1. The second-order valence-corrected chi connectivity index (χ2v) is 4.32. The van der Waals surface area contributed by atoms with Crippen LogP contribution in [0.25, 0.3) is 0 Å². The third-order valence-electron chi connectivity index (χ3n) is 2.81. The maximum absolute atomic E-state index is 12.1. The van der Waals surface area contributed by atoms with Crippen molar-refractivity contribution in [1.82, 2.24) is 9.78 Å². The van der Waals surface area contributed by atoms with Crippen LogP contribution in [0.15, 0.2) is 35.6 Å². The number of carbonyl (C=O) groups is 1. The van der Waals surface area contributed by atoms with Crippen molar-refractivity contribution in [2.24, 2.45) is 17.9 Å². The van der Waals surface area contributed by atoms with Crippen molar-refractivity contribution in [3.63, 3.8) is 0 Å². The van der Waals surface area contributed by atoms with Crippen LogP contribution in [0, 0.1) is 6.92 Å². The van der Waals surface area contributed by atoms with Gasteiger partial charge in [-0.3, -0.25) is 9.48 Å². The van der Waals surface area contributed by atoms with Gasteiger partial charge < -0.3 is 16.3 Å². The highest BCUT2D eigenvalue weighted by Crippen LogP contribution is 2.13. The summed E-state index contributed by atoms with van der Waals surface area (Å²) in [6.45, 7) is 1.82. The molecule has 7 heteroatoms. The molecule has 0 bridgehead atoms. The van der Waals surface area contributed by atoms with E-state index in [-0.39, 0.29) is 11.7 Å². The molecule has 1 amide bonds. The van der Waals surface area contributed by atoms with Gasteiger partial charge in [0.25, 0.3) is 5.91 Å². The van der Waals surface area contributed by atoms with Crippen LogP contribution in [-0.2, 0) is 7.05 Å². The first-order valence-electron chi connectivity index (χ1n) is 5.91. The Balaban J connectivity index is 2.15. The number of aryl methyl sites for hydroxylation is 2. The number of nitrogens with two attached hydrogens (primary N) is 1. The fraction of sp³-hybridized carbons (Fsp3) is 0.154. The van der Waals surface area contributed by atoms with Crippen molar-refractivity contribution in [2.75, 3.05) is 5.32 Å². The molecule has 1 aromatic heterocycles. The summed E-state index contributed by atoms with van der Waals surface area (Å²) in [5, 5.41) is 18.4. The van der Waals surface area contributed by atoms with E-state index >= 15 is 0 Å². The molecule has 0 atom stereocenters. The van der Waals surface area contributed by atoms with Crippen molar-refractivity contribution in [3.05, 3.63) is 47.3 Å². The molecule has 0 fully saturated rings. The molecule has 2 rings (SSSR count). The quantitative estimate of drug-likeness (QED) is 0.336. The van der Waals surface area contributed by atoms with E-state index in [4.69, 9.17) is 10.9 Å². The van der Waals surface area contributed by atoms with Crippen molar-refractivity contribution < 1.29 is 10.0 Å². The van der Waals surface area contributed by atoms with E-state index < -0.39 is 0 Å². The molecule has 0 saturated heterocycles. The molecule has 0 aliphatic carbocycles. The van der Waals surface area contributed by atoms with E-state index in [1.807, 2.05) is 6.92 Å². The first-order chi connectivity index (χ1) is 9.51. The molecule has 104 valence electrons. The molecule has 1 aromatic carbocycles. The van der Waals surface area contributed by atoms with Gasteiger partial charge in [-0.25, -0.2) is 0 Å². The van der Waals surface area contributed by atoms with Crippen LogP contribution >= 0.6 is 0 Å². The molecule has 0 spiro atoms. The number of aromatic nitrogens is 2. The fourth-order valence-corrected chi connectivity index (χ4v) is 1.77. The zero-order valence-electron chi connectivity index (χ0n) is 11.2. The van der Waals surface area contributed by atoms with Gasteiger partial charge in [-0.15, -0.1) is 0 Å². The smallest absolute Gasteiger partial charge is 0.255 e. The predicted molar refractivity (Wildman–Crippen MR) is 74.9 cm³/mol.